The molecule has 0 aromatic carbocycles. The summed E-state index contributed by atoms with van der Waals surface area (Å²) in [5.74, 6) is 2.41. The van der Waals surface area contributed by atoms with Gasteiger partial charge in [0, 0.05) is 4.88 Å². The van der Waals surface area contributed by atoms with Gasteiger partial charge in [-0.2, -0.15) is 0 Å². The Hall–Kier alpha value is -2.39. The van der Waals surface area contributed by atoms with Gasteiger partial charge in [-0.3, -0.25) is 0 Å². The van der Waals surface area contributed by atoms with Crippen LogP contribution in [-0.4, -0.2) is 20.4 Å². The largest absolute Gasteiger partial charge is 0.459 e. The van der Waals surface area contributed by atoms with Crippen LogP contribution in [0.1, 0.15) is 23.3 Å². The first-order chi connectivity index (χ1) is 12.2. The molecular formula is C16H14N4O3S2. The van der Waals surface area contributed by atoms with Crippen molar-refractivity contribution in [3.05, 3.63) is 40.8 Å². The SMILES string of the molecule is CCc1sc(-c2nnc(CSc3nnc(-c4ccco4)o3)o2)cc1C. The van der Waals surface area contributed by atoms with E-state index in [4.69, 9.17) is 13.3 Å². The second-order valence-electron chi connectivity index (χ2n) is 5.21. The van der Waals surface area contributed by atoms with Gasteiger partial charge in [-0.1, -0.05) is 18.7 Å². The van der Waals surface area contributed by atoms with Gasteiger partial charge in [-0.15, -0.1) is 31.7 Å². The molecular weight excluding hydrogens is 360 g/mol. The van der Waals surface area contributed by atoms with Gasteiger partial charge in [0.05, 0.1) is 16.9 Å². The number of thiophene rings is 1. The molecule has 25 heavy (non-hydrogen) atoms. The van der Waals surface area contributed by atoms with Gasteiger partial charge < -0.3 is 13.3 Å². The fraction of sp³-hybridized carbons (Fsp3) is 0.250. The molecule has 0 saturated heterocycles. The van der Waals surface area contributed by atoms with E-state index < -0.39 is 0 Å². The number of aromatic nitrogens is 4. The Morgan fingerprint density at radius 2 is 2.00 bits per heavy atom. The maximum Gasteiger partial charge on any atom is 0.284 e. The van der Waals surface area contributed by atoms with Gasteiger partial charge in [0.1, 0.15) is 0 Å². The number of thioether (sulfide) groups is 1. The summed E-state index contributed by atoms with van der Waals surface area (Å²) in [7, 11) is 0. The second-order valence-corrected chi connectivity index (χ2v) is 7.27. The topological polar surface area (TPSA) is 91.0 Å². The van der Waals surface area contributed by atoms with Crippen molar-refractivity contribution >= 4 is 23.1 Å². The zero-order valence-corrected chi connectivity index (χ0v) is 15.2. The predicted molar refractivity (Wildman–Crippen MR) is 93.3 cm³/mol. The van der Waals surface area contributed by atoms with E-state index in [-0.39, 0.29) is 0 Å². The minimum absolute atomic E-state index is 0.347. The van der Waals surface area contributed by atoms with Gasteiger partial charge >= 0.3 is 0 Å². The number of rotatable bonds is 6. The normalized spacial score (nSPS) is 11.3. The van der Waals surface area contributed by atoms with Crippen LogP contribution in [-0.2, 0) is 12.2 Å². The molecule has 0 amide bonds. The minimum atomic E-state index is 0.347. The van der Waals surface area contributed by atoms with Gasteiger partial charge in [0.25, 0.3) is 17.0 Å². The van der Waals surface area contributed by atoms with Gasteiger partial charge in [-0.05, 0) is 37.1 Å². The summed E-state index contributed by atoms with van der Waals surface area (Å²) in [5, 5.41) is 16.6. The standard InChI is InChI=1S/C16H14N4O3S2/c1-3-11-9(2)7-12(25-11)15-19-17-13(22-15)8-24-16-20-18-14(23-16)10-5-4-6-21-10/h4-7H,3,8H2,1-2H3. The summed E-state index contributed by atoms with van der Waals surface area (Å²) < 4.78 is 16.5. The molecule has 0 spiro atoms. The lowest BCUT2D eigenvalue weighted by molar-refractivity contribution is 0.446. The summed E-state index contributed by atoms with van der Waals surface area (Å²) >= 11 is 3.03. The highest BCUT2D eigenvalue weighted by atomic mass is 32.2. The van der Waals surface area contributed by atoms with E-state index >= 15 is 0 Å². The molecule has 4 aromatic rings. The summed E-state index contributed by atoms with van der Waals surface area (Å²) in [5.41, 5.74) is 1.26. The second kappa shape index (κ2) is 6.85. The summed E-state index contributed by atoms with van der Waals surface area (Å²) in [4.78, 5) is 2.33. The van der Waals surface area contributed by atoms with Crippen LogP contribution in [0.15, 0.2) is 42.9 Å². The summed E-state index contributed by atoms with van der Waals surface area (Å²) in [6.45, 7) is 4.23. The first-order valence-corrected chi connectivity index (χ1v) is 9.45. The molecule has 0 fully saturated rings. The molecule has 4 heterocycles. The molecule has 0 aliphatic rings. The molecule has 4 aromatic heterocycles. The molecule has 0 N–H and O–H groups in total. The molecule has 0 saturated carbocycles. The van der Waals surface area contributed by atoms with E-state index in [9.17, 15) is 0 Å². The van der Waals surface area contributed by atoms with Crippen LogP contribution in [0.3, 0.4) is 0 Å². The average Bonchev–Trinajstić information content (AvgIpc) is 3.38. The molecule has 128 valence electrons. The van der Waals surface area contributed by atoms with Crippen LogP contribution < -0.4 is 0 Å². The van der Waals surface area contributed by atoms with Gasteiger partial charge in [0.15, 0.2) is 5.76 Å². The van der Waals surface area contributed by atoms with Gasteiger partial charge in [-0.25, -0.2) is 0 Å². The number of hydrogen-bond donors (Lipinski definition) is 0. The molecule has 0 bridgehead atoms. The third-order valence-electron chi connectivity index (χ3n) is 3.48. The number of nitrogens with zero attached hydrogens (tertiary/aromatic N) is 4. The summed E-state index contributed by atoms with van der Waals surface area (Å²) in [6.07, 6.45) is 2.56. The van der Waals surface area contributed by atoms with Crippen LogP contribution in [0.25, 0.3) is 22.4 Å². The average molecular weight is 374 g/mol. The Morgan fingerprint density at radius 1 is 1.12 bits per heavy atom. The fourth-order valence-electron chi connectivity index (χ4n) is 2.28. The van der Waals surface area contributed by atoms with Crippen molar-refractivity contribution in [3.63, 3.8) is 0 Å². The Balaban J connectivity index is 1.43. The third-order valence-corrected chi connectivity index (χ3v) is 5.65. The molecule has 4 rings (SSSR count). The first-order valence-electron chi connectivity index (χ1n) is 7.65. The van der Waals surface area contributed by atoms with E-state index in [1.165, 1.54) is 22.2 Å². The zero-order chi connectivity index (χ0) is 17.2. The maximum absolute atomic E-state index is 5.74. The van der Waals surface area contributed by atoms with Crippen LogP contribution in [0.2, 0.25) is 0 Å². The van der Waals surface area contributed by atoms with E-state index in [1.807, 2.05) is 0 Å². The van der Waals surface area contributed by atoms with Crippen molar-refractivity contribution in [2.24, 2.45) is 0 Å². The zero-order valence-electron chi connectivity index (χ0n) is 13.6. The van der Waals surface area contributed by atoms with Gasteiger partial charge in [0.2, 0.25) is 5.89 Å². The molecule has 0 radical (unpaired) electrons. The quantitative estimate of drug-likeness (QED) is 0.452. The Bertz CT molecular complexity index is 972. The minimum Gasteiger partial charge on any atom is -0.459 e. The van der Waals surface area contributed by atoms with Crippen LogP contribution in [0.4, 0.5) is 0 Å². The van der Waals surface area contributed by atoms with Crippen LogP contribution in [0.5, 0.6) is 0 Å². The molecule has 0 unspecified atom stereocenters. The van der Waals surface area contributed by atoms with E-state index in [2.05, 4.69) is 40.3 Å². The highest BCUT2D eigenvalue weighted by Crippen LogP contribution is 2.32. The first kappa shape index (κ1) is 16.1. The number of furan rings is 1. The van der Waals surface area contributed by atoms with E-state index in [1.54, 1.807) is 29.7 Å². The highest BCUT2D eigenvalue weighted by Gasteiger charge is 2.15. The van der Waals surface area contributed by atoms with Crippen LogP contribution >= 0.6 is 23.1 Å². The number of aryl methyl sites for hydroxylation is 2. The van der Waals surface area contributed by atoms with E-state index in [0.29, 0.717) is 34.4 Å². The van der Waals surface area contributed by atoms with Crippen molar-refractivity contribution in [2.45, 2.75) is 31.2 Å². The van der Waals surface area contributed by atoms with Crippen LogP contribution in [0, 0.1) is 6.92 Å². The summed E-state index contributed by atoms with van der Waals surface area (Å²) in [6, 6.07) is 5.62. The van der Waals surface area contributed by atoms with Crippen molar-refractivity contribution in [2.75, 3.05) is 0 Å². The molecule has 0 aliphatic carbocycles. The lowest BCUT2D eigenvalue weighted by atomic mass is 10.2. The Kier molecular flexibility index (Phi) is 4.41. The Labute approximate surface area is 151 Å². The monoisotopic (exact) mass is 374 g/mol. The lowest BCUT2D eigenvalue weighted by Gasteiger charge is -1.91. The van der Waals surface area contributed by atoms with Crippen molar-refractivity contribution in [1.29, 1.82) is 0 Å². The smallest absolute Gasteiger partial charge is 0.284 e. The molecule has 9 heteroatoms. The van der Waals surface area contributed by atoms with Crippen molar-refractivity contribution in [1.82, 2.24) is 20.4 Å². The molecule has 7 nitrogen and oxygen atoms in total. The lowest BCUT2D eigenvalue weighted by Crippen LogP contribution is -1.80. The van der Waals surface area contributed by atoms with Crippen molar-refractivity contribution in [3.8, 4) is 22.4 Å². The Morgan fingerprint density at radius 3 is 2.76 bits per heavy atom. The third kappa shape index (κ3) is 3.38. The molecule has 0 aliphatic heterocycles. The number of hydrogen-bond acceptors (Lipinski definition) is 9. The van der Waals surface area contributed by atoms with Crippen molar-refractivity contribution < 1.29 is 13.3 Å². The molecule has 0 atom stereocenters. The maximum atomic E-state index is 5.74. The predicted octanol–water partition coefficient (Wildman–Crippen LogP) is 4.60. The van der Waals surface area contributed by atoms with E-state index in [0.717, 1.165) is 11.3 Å². The highest BCUT2D eigenvalue weighted by molar-refractivity contribution is 7.98. The fourth-order valence-corrected chi connectivity index (χ4v) is 3.91.